The molecule has 5 rings (SSSR count). The highest BCUT2D eigenvalue weighted by Gasteiger charge is 2.21. The molecule has 0 aliphatic heterocycles. The zero-order chi connectivity index (χ0) is 29.1. The molecule has 0 atom stereocenters. The second kappa shape index (κ2) is 11.6. The van der Waals surface area contributed by atoms with Crippen LogP contribution in [0.2, 0.25) is 0 Å². The minimum absolute atomic E-state index is 0.0674. The molecule has 0 spiro atoms. The molecule has 0 aliphatic rings. The van der Waals surface area contributed by atoms with E-state index in [1.807, 2.05) is 6.92 Å². The van der Waals surface area contributed by atoms with Crippen molar-refractivity contribution in [1.82, 2.24) is 24.7 Å². The maximum atomic E-state index is 14.9. The standard InChI is InChI=1S/C28H25F2N7O4/c1-15-5-6-16(32-23(40)12-17-9-10-31-36-17)11-20(15)25-19-7-8-24(41)37(26-21(29)3-2-4-22(26)30)27(19)35-28(34-25)33-18(13-38)14-39/h2-11,18,38-39H,12-14H2,1H3,(H,31,36)(H,32,40)(H,33,34,35). The predicted octanol–water partition coefficient (Wildman–Crippen LogP) is 2.70. The van der Waals surface area contributed by atoms with Gasteiger partial charge >= 0.3 is 0 Å². The third kappa shape index (κ3) is 5.66. The van der Waals surface area contributed by atoms with Gasteiger partial charge in [-0.15, -0.1) is 0 Å². The molecule has 0 saturated carbocycles. The van der Waals surface area contributed by atoms with Crippen molar-refractivity contribution in [2.45, 2.75) is 19.4 Å². The highest BCUT2D eigenvalue weighted by Crippen LogP contribution is 2.32. The number of aryl methyl sites for hydroxylation is 1. The number of aliphatic hydroxyl groups excluding tert-OH is 2. The van der Waals surface area contributed by atoms with Gasteiger partial charge in [0.25, 0.3) is 5.56 Å². The molecule has 5 aromatic rings. The summed E-state index contributed by atoms with van der Waals surface area (Å²) in [7, 11) is 0. The van der Waals surface area contributed by atoms with Crippen LogP contribution in [0.3, 0.4) is 0 Å². The average molecular weight is 562 g/mol. The summed E-state index contributed by atoms with van der Waals surface area (Å²) in [5.74, 6) is -2.35. The number of anilines is 2. The number of carbonyl (C=O) groups is 1. The van der Waals surface area contributed by atoms with Gasteiger partial charge < -0.3 is 20.8 Å². The smallest absolute Gasteiger partial charge is 0.256 e. The minimum Gasteiger partial charge on any atom is -0.394 e. The normalized spacial score (nSPS) is 11.3. The van der Waals surface area contributed by atoms with E-state index in [0.717, 1.165) is 28.3 Å². The maximum absolute atomic E-state index is 14.9. The summed E-state index contributed by atoms with van der Waals surface area (Å²) in [5, 5.41) is 31.7. The lowest BCUT2D eigenvalue weighted by molar-refractivity contribution is -0.115. The van der Waals surface area contributed by atoms with E-state index in [1.54, 1.807) is 30.5 Å². The van der Waals surface area contributed by atoms with Gasteiger partial charge in [0.2, 0.25) is 11.9 Å². The molecule has 11 nitrogen and oxygen atoms in total. The van der Waals surface area contributed by atoms with E-state index in [1.165, 1.54) is 12.1 Å². The number of H-pyrrole nitrogens is 1. The Bertz CT molecular complexity index is 1770. The number of rotatable bonds is 9. The van der Waals surface area contributed by atoms with Crippen LogP contribution in [0, 0.1) is 18.6 Å². The number of para-hydroxylation sites is 1. The van der Waals surface area contributed by atoms with Gasteiger partial charge in [0.1, 0.15) is 17.3 Å². The Hall–Kier alpha value is -5.01. The summed E-state index contributed by atoms with van der Waals surface area (Å²) in [6.45, 7) is 0.880. The van der Waals surface area contributed by atoms with Gasteiger partial charge in [0, 0.05) is 34.6 Å². The Kier molecular flexibility index (Phi) is 7.81. The number of fused-ring (bicyclic) bond motifs is 1. The Labute approximate surface area is 231 Å². The van der Waals surface area contributed by atoms with Crippen molar-refractivity contribution in [3.05, 3.63) is 94.0 Å². The summed E-state index contributed by atoms with van der Waals surface area (Å²) in [6, 6.07) is 11.8. The maximum Gasteiger partial charge on any atom is 0.256 e. The average Bonchev–Trinajstić information content (AvgIpc) is 3.46. The number of aliphatic hydroxyl groups is 2. The molecule has 0 unspecified atom stereocenters. The van der Waals surface area contributed by atoms with Crippen LogP contribution >= 0.6 is 0 Å². The summed E-state index contributed by atoms with van der Waals surface area (Å²) in [4.78, 5) is 34.6. The number of nitrogens with zero attached hydrogens (tertiary/aromatic N) is 4. The number of hydrogen-bond acceptors (Lipinski definition) is 8. The number of pyridine rings is 1. The molecule has 0 bridgehead atoms. The molecular formula is C28H25F2N7O4. The Balaban J connectivity index is 1.70. The Morgan fingerprint density at radius 2 is 1.80 bits per heavy atom. The van der Waals surface area contributed by atoms with Crippen molar-refractivity contribution in [3.63, 3.8) is 0 Å². The van der Waals surface area contributed by atoms with E-state index in [2.05, 4.69) is 30.8 Å². The highest BCUT2D eigenvalue weighted by atomic mass is 19.1. The summed E-state index contributed by atoms with van der Waals surface area (Å²) in [5.41, 5.74) is 1.16. The lowest BCUT2D eigenvalue weighted by Crippen LogP contribution is -2.29. The number of nitrogens with one attached hydrogen (secondary N) is 3. The molecule has 2 aromatic carbocycles. The Morgan fingerprint density at radius 3 is 2.49 bits per heavy atom. The zero-order valence-electron chi connectivity index (χ0n) is 21.7. The molecule has 0 saturated heterocycles. The third-order valence-corrected chi connectivity index (χ3v) is 6.37. The third-order valence-electron chi connectivity index (χ3n) is 6.37. The van der Waals surface area contributed by atoms with Crippen molar-refractivity contribution in [3.8, 4) is 16.9 Å². The number of carbonyl (C=O) groups excluding carboxylic acids is 1. The molecule has 3 aromatic heterocycles. The van der Waals surface area contributed by atoms with E-state index >= 15 is 0 Å². The van der Waals surface area contributed by atoms with Crippen LogP contribution in [0.5, 0.6) is 0 Å². The second-order valence-electron chi connectivity index (χ2n) is 9.25. The largest absolute Gasteiger partial charge is 0.394 e. The van der Waals surface area contributed by atoms with Crippen LogP contribution in [0.25, 0.3) is 28.0 Å². The van der Waals surface area contributed by atoms with Crippen LogP contribution in [0.1, 0.15) is 11.3 Å². The first kappa shape index (κ1) is 27.6. The lowest BCUT2D eigenvalue weighted by atomic mass is 10.0. The van der Waals surface area contributed by atoms with Crippen molar-refractivity contribution in [1.29, 1.82) is 0 Å². The number of aromatic nitrogens is 5. The number of hydrogen-bond donors (Lipinski definition) is 5. The fourth-order valence-electron chi connectivity index (χ4n) is 4.35. The SMILES string of the molecule is Cc1ccc(NC(=O)Cc2ccn[nH]2)cc1-c1nc(NC(CO)CO)nc2c1ccc(=O)n2-c1c(F)cccc1F. The molecule has 5 N–H and O–H groups in total. The Morgan fingerprint density at radius 1 is 1.05 bits per heavy atom. The van der Waals surface area contributed by atoms with Gasteiger partial charge in [-0.05, 0) is 48.9 Å². The fraction of sp³-hybridized carbons (Fsp3) is 0.179. The number of aromatic amines is 1. The summed E-state index contributed by atoms with van der Waals surface area (Å²) < 4.78 is 30.6. The second-order valence-corrected chi connectivity index (χ2v) is 9.25. The van der Waals surface area contributed by atoms with Gasteiger partial charge in [-0.3, -0.25) is 19.3 Å². The quantitative estimate of drug-likeness (QED) is 0.184. The van der Waals surface area contributed by atoms with Crippen molar-refractivity contribution in [2.24, 2.45) is 0 Å². The molecule has 0 fully saturated rings. The summed E-state index contributed by atoms with van der Waals surface area (Å²) in [6.07, 6.45) is 1.61. The predicted molar refractivity (Wildman–Crippen MR) is 148 cm³/mol. The van der Waals surface area contributed by atoms with Gasteiger partial charge in [-0.25, -0.2) is 13.8 Å². The molecular weight excluding hydrogens is 536 g/mol. The topological polar surface area (TPSA) is 158 Å². The van der Waals surface area contributed by atoms with E-state index in [4.69, 9.17) is 0 Å². The van der Waals surface area contributed by atoms with Crippen LogP contribution in [0.15, 0.2) is 65.6 Å². The first-order chi connectivity index (χ1) is 19.8. The van der Waals surface area contributed by atoms with E-state index in [0.29, 0.717) is 16.9 Å². The number of benzene rings is 2. The van der Waals surface area contributed by atoms with Gasteiger partial charge in [-0.1, -0.05) is 12.1 Å². The van der Waals surface area contributed by atoms with Crippen LogP contribution < -0.4 is 16.2 Å². The van der Waals surface area contributed by atoms with E-state index in [9.17, 15) is 28.6 Å². The molecule has 0 radical (unpaired) electrons. The fourth-order valence-corrected chi connectivity index (χ4v) is 4.35. The van der Waals surface area contributed by atoms with Crippen molar-refractivity contribution < 1.29 is 23.8 Å². The van der Waals surface area contributed by atoms with Crippen LogP contribution in [0.4, 0.5) is 20.4 Å². The minimum atomic E-state index is -0.976. The van der Waals surface area contributed by atoms with Gasteiger partial charge in [0.15, 0.2) is 5.65 Å². The van der Waals surface area contributed by atoms with Crippen LogP contribution in [-0.4, -0.2) is 60.1 Å². The highest BCUT2D eigenvalue weighted by molar-refractivity contribution is 5.96. The molecule has 41 heavy (non-hydrogen) atoms. The van der Waals surface area contributed by atoms with Crippen molar-refractivity contribution >= 4 is 28.6 Å². The molecule has 210 valence electrons. The first-order valence-electron chi connectivity index (χ1n) is 12.5. The van der Waals surface area contributed by atoms with Crippen LogP contribution in [-0.2, 0) is 11.2 Å². The molecule has 1 amide bonds. The van der Waals surface area contributed by atoms with E-state index < -0.39 is 42.1 Å². The first-order valence-corrected chi connectivity index (χ1v) is 12.5. The van der Waals surface area contributed by atoms with Crippen molar-refractivity contribution in [2.75, 3.05) is 23.8 Å². The van der Waals surface area contributed by atoms with Gasteiger partial charge in [-0.2, -0.15) is 10.1 Å². The molecule has 13 heteroatoms. The lowest BCUT2D eigenvalue weighted by Gasteiger charge is -2.18. The zero-order valence-corrected chi connectivity index (χ0v) is 21.7. The monoisotopic (exact) mass is 561 g/mol. The number of halogens is 2. The van der Waals surface area contributed by atoms with Gasteiger partial charge in [0.05, 0.1) is 31.4 Å². The van der Waals surface area contributed by atoms with E-state index in [-0.39, 0.29) is 35.0 Å². The summed E-state index contributed by atoms with van der Waals surface area (Å²) >= 11 is 0. The molecule has 0 aliphatic carbocycles. The molecule has 3 heterocycles. The number of amides is 1.